The van der Waals surface area contributed by atoms with Crippen LogP contribution in [0.3, 0.4) is 0 Å². The van der Waals surface area contributed by atoms with Gasteiger partial charge in [0.05, 0.1) is 10.7 Å². The molecule has 2 aromatic rings. The largest absolute Gasteiger partial charge is 0.454 e. The molecular weight excluding hydrogens is 324 g/mol. The minimum absolute atomic E-state index is 0.0112. The fraction of sp³-hybridized carbons (Fsp3) is 0.316. The maximum Gasteiger partial charge on any atom is 0.224 e. The molecule has 2 aromatic carbocycles. The number of amides is 1. The number of para-hydroxylation sites is 3. The first-order valence-corrected chi connectivity index (χ1v) is 8.62. The molecular formula is C19H21ClN2O2. The molecule has 1 unspecified atom stereocenters. The molecule has 0 radical (unpaired) electrons. The van der Waals surface area contributed by atoms with Gasteiger partial charge in [-0.2, -0.15) is 0 Å². The first-order valence-electron chi connectivity index (χ1n) is 8.24. The fourth-order valence-corrected chi connectivity index (χ4v) is 2.99. The zero-order valence-corrected chi connectivity index (χ0v) is 14.2. The van der Waals surface area contributed by atoms with Gasteiger partial charge in [0, 0.05) is 6.42 Å². The zero-order chi connectivity index (χ0) is 16.8. The van der Waals surface area contributed by atoms with E-state index >= 15 is 0 Å². The smallest absolute Gasteiger partial charge is 0.224 e. The van der Waals surface area contributed by atoms with E-state index in [9.17, 15) is 4.79 Å². The van der Waals surface area contributed by atoms with Gasteiger partial charge in [-0.3, -0.25) is 4.79 Å². The molecule has 24 heavy (non-hydrogen) atoms. The number of benzene rings is 2. The Hall–Kier alpha value is -2.04. The number of carbonyl (C=O) groups is 1. The molecule has 1 amide bonds. The summed E-state index contributed by atoms with van der Waals surface area (Å²) < 4.78 is 5.86. The van der Waals surface area contributed by atoms with E-state index in [0.29, 0.717) is 34.5 Å². The lowest BCUT2D eigenvalue weighted by molar-refractivity contribution is -0.116. The second-order valence-corrected chi connectivity index (χ2v) is 6.38. The van der Waals surface area contributed by atoms with Gasteiger partial charge >= 0.3 is 0 Å². The molecule has 0 aliphatic carbocycles. The quantitative estimate of drug-likeness (QED) is 0.813. The Morgan fingerprint density at radius 3 is 2.67 bits per heavy atom. The second-order valence-electron chi connectivity index (χ2n) is 5.97. The minimum Gasteiger partial charge on any atom is -0.454 e. The van der Waals surface area contributed by atoms with E-state index in [4.69, 9.17) is 16.3 Å². The Balaban J connectivity index is 1.63. The standard InChI is InChI=1S/C19H21ClN2O2/c20-15-5-1-3-7-17(15)24-18-8-4-2-6-16(18)22-19(23)10-9-14-11-12-21-13-14/h1-8,14,21H,9-13H2,(H,22,23). The van der Waals surface area contributed by atoms with Gasteiger partial charge in [-0.25, -0.2) is 0 Å². The molecule has 0 saturated carbocycles. The van der Waals surface area contributed by atoms with Crippen LogP contribution in [0.1, 0.15) is 19.3 Å². The number of ether oxygens (including phenoxy) is 1. The lowest BCUT2D eigenvalue weighted by Crippen LogP contribution is -2.15. The third-order valence-corrected chi connectivity index (χ3v) is 4.47. The second kappa shape index (κ2) is 8.18. The maximum atomic E-state index is 12.2. The first-order chi connectivity index (χ1) is 11.7. The highest BCUT2D eigenvalue weighted by atomic mass is 35.5. The summed E-state index contributed by atoms with van der Waals surface area (Å²) in [5.74, 6) is 1.77. The maximum absolute atomic E-state index is 12.2. The van der Waals surface area contributed by atoms with Crippen LogP contribution < -0.4 is 15.4 Å². The molecule has 2 N–H and O–H groups in total. The Labute approximate surface area is 147 Å². The molecule has 0 aromatic heterocycles. The Bertz CT molecular complexity index is 699. The van der Waals surface area contributed by atoms with Crippen LogP contribution in [-0.4, -0.2) is 19.0 Å². The summed E-state index contributed by atoms with van der Waals surface area (Å²) in [5.41, 5.74) is 0.659. The Kier molecular flexibility index (Phi) is 5.72. The summed E-state index contributed by atoms with van der Waals surface area (Å²) in [5, 5.41) is 6.80. The van der Waals surface area contributed by atoms with E-state index in [-0.39, 0.29) is 5.91 Å². The van der Waals surface area contributed by atoms with Crippen LogP contribution in [0.2, 0.25) is 5.02 Å². The number of anilines is 1. The highest BCUT2D eigenvalue weighted by Crippen LogP contribution is 2.33. The molecule has 0 spiro atoms. The first kappa shape index (κ1) is 16.8. The molecule has 126 valence electrons. The van der Waals surface area contributed by atoms with Crippen molar-refractivity contribution < 1.29 is 9.53 Å². The van der Waals surface area contributed by atoms with Crippen LogP contribution in [0.25, 0.3) is 0 Å². The van der Waals surface area contributed by atoms with Gasteiger partial charge in [-0.15, -0.1) is 0 Å². The van der Waals surface area contributed by atoms with Gasteiger partial charge < -0.3 is 15.4 Å². The number of halogens is 1. The summed E-state index contributed by atoms with van der Waals surface area (Å²) in [6, 6.07) is 14.7. The number of rotatable bonds is 6. The lowest BCUT2D eigenvalue weighted by Gasteiger charge is -2.13. The number of nitrogens with one attached hydrogen (secondary N) is 2. The van der Waals surface area contributed by atoms with E-state index < -0.39 is 0 Å². The summed E-state index contributed by atoms with van der Waals surface area (Å²) in [4.78, 5) is 12.2. The summed E-state index contributed by atoms with van der Waals surface area (Å²) in [6.07, 6.45) is 2.58. The predicted octanol–water partition coefficient (Wildman–Crippen LogP) is 4.46. The third kappa shape index (κ3) is 4.49. The average molecular weight is 345 g/mol. The number of carbonyl (C=O) groups excluding carboxylic acids is 1. The van der Waals surface area contributed by atoms with Gasteiger partial charge in [-0.05, 0) is 56.1 Å². The van der Waals surface area contributed by atoms with Crippen LogP contribution in [-0.2, 0) is 4.79 Å². The fourth-order valence-electron chi connectivity index (χ4n) is 2.81. The normalized spacial score (nSPS) is 16.8. The third-order valence-electron chi connectivity index (χ3n) is 4.16. The van der Waals surface area contributed by atoms with Gasteiger partial charge in [0.15, 0.2) is 5.75 Å². The SMILES string of the molecule is O=C(CCC1CCNC1)Nc1ccccc1Oc1ccccc1Cl. The van der Waals surface area contributed by atoms with Gasteiger partial charge in [0.2, 0.25) is 5.91 Å². The van der Waals surface area contributed by atoms with Crippen LogP contribution in [0, 0.1) is 5.92 Å². The molecule has 3 rings (SSSR count). The monoisotopic (exact) mass is 344 g/mol. The Morgan fingerprint density at radius 1 is 1.17 bits per heavy atom. The van der Waals surface area contributed by atoms with Crippen LogP contribution >= 0.6 is 11.6 Å². The molecule has 1 aliphatic rings. The van der Waals surface area contributed by atoms with Gasteiger partial charge in [0.1, 0.15) is 5.75 Å². The zero-order valence-electron chi connectivity index (χ0n) is 13.4. The lowest BCUT2D eigenvalue weighted by atomic mass is 10.0. The summed E-state index contributed by atoms with van der Waals surface area (Å²) >= 11 is 6.14. The molecule has 4 nitrogen and oxygen atoms in total. The molecule has 5 heteroatoms. The van der Waals surface area contributed by atoms with Crippen molar-refractivity contribution in [3.05, 3.63) is 53.6 Å². The molecule has 0 bridgehead atoms. The molecule has 1 heterocycles. The summed E-state index contributed by atoms with van der Waals surface area (Å²) in [6.45, 7) is 2.07. The predicted molar refractivity (Wildman–Crippen MR) is 96.8 cm³/mol. The van der Waals surface area contributed by atoms with E-state index in [0.717, 1.165) is 25.9 Å². The minimum atomic E-state index is 0.0112. The number of hydrogen-bond acceptors (Lipinski definition) is 3. The van der Waals surface area contributed by atoms with Crippen LogP contribution in [0.5, 0.6) is 11.5 Å². The topological polar surface area (TPSA) is 50.4 Å². The van der Waals surface area contributed by atoms with Crippen molar-refractivity contribution in [2.24, 2.45) is 5.92 Å². The van der Waals surface area contributed by atoms with E-state index in [1.807, 2.05) is 36.4 Å². The van der Waals surface area contributed by atoms with Crippen molar-refractivity contribution >= 4 is 23.2 Å². The average Bonchev–Trinajstić information content (AvgIpc) is 3.10. The highest BCUT2D eigenvalue weighted by molar-refractivity contribution is 6.32. The van der Waals surface area contributed by atoms with Crippen molar-refractivity contribution in [3.8, 4) is 11.5 Å². The van der Waals surface area contributed by atoms with Crippen molar-refractivity contribution in [2.75, 3.05) is 18.4 Å². The van der Waals surface area contributed by atoms with E-state index in [2.05, 4.69) is 10.6 Å². The molecule has 1 saturated heterocycles. The molecule has 1 atom stereocenters. The highest BCUT2D eigenvalue weighted by Gasteiger charge is 2.16. The summed E-state index contributed by atoms with van der Waals surface area (Å²) in [7, 11) is 0. The number of hydrogen-bond donors (Lipinski definition) is 2. The van der Waals surface area contributed by atoms with E-state index in [1.54, 1.807) is 12.1 Å². The Morgan fingerprint density at radius 2 is 1.92 bits per heavy atom. The molecule has 1 aliphatic heterocycles. The van der Waals surface area contributed by atoms with Crippen molar-refractivity contribution in [1.82, 2.24) is 5.32 Å². The molecule has 1 fully saturated rings. The van der Waals surface area contributed by atoms with Crippen molar-refractivity contribution in [2.45, 2.75) is 19.3 Å². The van der Waals surface area contributed by atoms with Crippen LogP contribution in [0.15, 0.2) is 48.5 Å². The van der Waals surface area contributed by atoms with Gasteiger partial charge in [-0.1, -0.05) is 35.9 Å². The van der Waals surface area contributed by atoms with Gasteiger partial charge in [0.25, 0.3) is 0 Å². The van der Waals surface area contributed by atoms with Crippen LogP contribution in [0.4, 0.5) is 5.69 Å². The van der Waals surface area contributed by atoms with E-state index in [1.165, 1.54) is 0 Å². The van der Waals surface area contributed by atoms with Crippen molar-refractivity contribution in [1.29, 1.82) is 0 Å². The van der Waals surface area contributed by atoms with Crippen molar-refractivity contribution in [3.63, 3.8) is 0 Å².